The smallest absolute Gasteiger partial charge is 0.317 e. The number of allylic oxidation sites excluding steroid dienone is 1. The number of thiophene rings is 1. The Kier molecular flexibility index (Phi) is 4.77. The molecule has 0 amide bonds. The standard InChI is InChI=1S/C12H13NO2S/c1-3-10(11-5-7-16-9-11)4-6-13(2)8-12(14)15/h1,4-5,7,9H,6,8H2,2H3,(H,14,15). The maximum absolute atomic E-state index is 10.5. The molecule has 0 saturated carbocycles. The Morgan fingerprint density at radius 1 is 1.75 bits per heavy atom. The Balaban J connectivity index is 2.62. The summed E-state index contributed by atoms with van der Waals surface area (Å²) < 4.78 is 0. The predicted molar refractivity (Wildman–Crippen MR) is 66.3 cm³/mol. The summed E-state index contributed by atoms with van der Waals surface area (Å²) in [6, 6.07) is 1.95. The zero-order valence-electron chi connectivity index (χ0n) is 9.01. The summed E-state index contributed by atoms with van der Waals surface area (Å²) >= 11 is 1.58. The maximum atomic E-state index is 10.5. The van der Waals surface area contributed by atoms with Crippen LogP contribution in [0.4, 0.5) is 0 Å². The van der Waals surface area contributed by atoms with Crippen molar-refractivity contribution in [2.45, 2.75) is 0 Å². The zero-order chi connectivity index (χ0) is 12.0. The average Bonchev–Trinajstić information content (AvgIpc) is 2.71. The van der Waals surface area contributed by atoms with Crippen LogP contribution in [0.2, 0.25) is 0 Å². The number of rotatable bonds is 5. The fraction of sp³-hybridized carbons (Fsp3) is 0.250. The lowest BCUT2D eigenvalue weighted by Crippen LogP contribution is -2.25. The molecule has 0 aliphatic rings. The van der Waals surface area contributed by atoms with Gasteiger partial charge < -0.3 is 5.11 Å². The monoisotopic (exact) mass is 235 g/mol. The molecule has 0 saturated heterocycles. The van der Waals surface area contributed by atoms with E-state index in [0.29, 0.717) is 6.54 Å². The SMILES string of the molecule is C#CC(=CCN(C)CC(=O)O)c1ccsc1. The number of carboxylic acid groups (broad SMARTS) is 1. The van der Waals surface area contributed by atoms with Crippen LogP contribution in [-0.4, -0.2) is 36.1 Å². The van der Waals surface area contributed by atoms with Gasteiger partial charge >= 0.3 is 5.97 Å². The largest absolute Gasteiger partial charge is 0.480 e. The van der Waals surface area contributed by atoms with Crippen LogP contribution in [0.25, 0.3) is 5.57 Å². The molecule has 0 spiro atoms. The number of nitrogens with zero attached hydrogens (tertiary/aromatic N) is 1. The van der Waals surface area contributed by atoms with Crippen molar-refractivity contribution in [2.75, 3.05) is 20.1 Å². The predicted octanol–water partition coefficient (Wildman–Crippen LogP) is 1.78. The molecule has 0 radical (unpaired) electrons. The molecular weight excluding hydrogens is 222 g/mol. The number of hydrogen-bond donors (Lipinski definition) is 1. The number of carbonyl (C=O) groups is 1. The highest BCUT2D eigenvalue weighted by atomic mass is 32.1. The van der Waals surface area contributed by atoms with E-state index in [1.54, 1.807) is 23.3 Å². The van der Waals surface area contributed by atoms with Gasteiger partial charge in [-0.05, 0) is 23.9 Å². The van der Waals surface area contributed by atoms with Crippen molar-refractivity contribution < 1.29 is 9.90 Å². The van der Waals surface area contributed by atoms with Crippen LogP contribution in [0.1, 0.15) is 5.56 Å². The van der Waals surface area contributed by atoms with Gasteiger partial charge in [0.15, 0.2) is 0 Å². The Morgan fingerprint density at radius 2 is 2.50 bits per heavy atom. The fourth-order valence-corrected chi connectivity index (χ4v) is 1.88. The molecule has 84 valence electrons. The topological polar surface area (TPSA) is 40.5 Å². The molecule has 1 heterocycles. The van der Waals surface area contributed by atoms with E-state index in [4.69, 9.17) is 11.5 Å². The van der Waals surface area contributed by atoms with Crippen molar-refractivity contribution >= 4 is 22.9 Å². The van der Waals surface area contributed by atoms with E-state index in [2.05, 4.69) is 5.92 Å². The molecule has 0 unspecified atom stereocenters. The molecule has 1 N–H and O–H groups in total. The molecule has 4 heteroatoms. The minimum Gasteiger partial charge on any atom is -0.480 e. The lowest BCUT2D eigenvalue weighted by molar-refractivity contribution is -0.137. The van der Waals surface area contributed by atoms with Crippen LogP contribution in [0, 0.1) is 12.3 Å². The van der Waals surface area contributed by atoms with Gasteiger partial charge in [-0.2, -0.15) is 11.3 Å². The van der Waals surface area contributed by atoms with E-state index in [1.165, 1.54) is 0 Å². The Labute approximate surface area is 99.0 Å². The van der Waals surface area contributed by atoms with Gasteiger partial charge in [0.1, 0.15) is 0 Å². The summed E-state index contributed by atoms with van der Waals surface area (Å²) in [6.45, 7) is 0.541. The summed E-state index contributed by atoms with van der Waals surface area (Å²) in [6.07, 6.45) is 7.27. The van der Waals surface area contributed by atoms with E-state index in [1.807, 2.05) is 22.9 Å². The van der Waals surface area contributed by atoms with Crippen molar-refractivity contribution in [3.05, 3.63) is 28.5 Å². The van der Waals surface area contributed by atoms with Crippen LogP contribution in [0.15, 0.2) is 22.9 Å². The number of aliphatic carboxylic acids is 1. The van der Waals surface area contributed by atoms with Gasteiger partial charge in [-0.25, -0.2) is 0 Å². The lowest BCUT2D eigenvalue weighted by atomic mass is 10.1. The van der Waals surface area contributed by atoms with Crippen molar-refractivity contribution in [3.63, 3.8) is 0 Å². The van der Waals surface area contributed by atoms with Gasteiger partial charge in [0.25, 0.3) is 0 Å². The third kappa shape index (κ3) is 3.89. The number of carboxylic acids is 1. The second-order valence-electron chi connectivity index (χ2n) is 3.36. The van der Waals surface area contributed by atoms with E-state index < -0.39 is 5.97 Å². The molecule has 1 aromatic heterocycles. The summed E-state index contributed by atoms with van der Waals surface area (Å²) in [4.78, 5) is 12.1. The van der Waals surface area contributed by atoms with Gasteiger partial charge in [-0.3, -0.25) is 9.69 Å². The first-order valence-corrected chi connectivity index (χ1v) is 5.67. The lowest BCUT2D eigenvalue weighted by Gasteiger charge is -2.10. The molecule has 0 aromatic carbocycles. The molecule has 0 atom stereocenters. The van der Waals surface area contributed by atoms with E-state index in [9.17, 15) is 4.79 Å². The van der Waals surface area contributed by atoms with Crippen molar-refractivity contribution in [1.82, 2.24) is 4.90 Å². The molecule has 0 bridgehead atoms. The number of likely N-dealkylation sites (N-methyl/N-ethyl adjacent to an activating group) is 1. The highest BCUT2D eigenvalue weighted by Gasteiger charge is 2.03. The van der Waals surface area contributed by atoms with Gasteiger partial charge in [0.05, 0.1) is 6.54 Å². The minimum atomic E-state index is -0.839. The van der Waals surface area contributed by atoms with Crippen molar-refractivity contribution in [2.24, 2.45) is 0 Å². The maximum Gasteiger partial charge on any atom is 0.317 e. The summed E-state index contributed by atoms with van der Waals surface area (Å²) in [5, 5.41) is 12.5. The summed E-state index contributed by atoms with van der Waals surface area (Å²) in [5.74, 6) is 1.77. The first kappa shape index (κ1) is 12.5. The fourth-order valence-electron chi connectivity index (χ4n) is 1.22. The zero-order valence-corrected chi connectivity index (χ0v) is 9.83. The van der Waals surface area contributed by atoms with Crippen LogP contribution >= 0.6 is 11.3 Å². The molecule has 16 heavy (non-hydrogen) atoms. The summed E-state index contributed by atoms with van der Waals surface area (Å²) in [5.41, 5.74) is 1.81. The highest BCUT2D eigenvalue weighted by molar-refractivity contribution is 7.08. The van der Waals surface area contributed by atoms with Crippen LogP contribution < -0.4 is 0 Å². The van der Waals surface area contributed by atoms with Crippen LogP contribution in [-0.2, 0) is 4.79 Å². The molecule has 1 aromatic rings. The Morgan fingerprint density at radius 3 is 3.00 bits per heavy atom. The van der Waals surface area contributed by atoms with E-state index >= 15 is 0 Å². The van der Waals surface area contributed by atoms with Crippen molar-refractivity contribution in [3.8, 4) is 12.3 Å². The first-order chi connectivity index (χ1) is 7.63. The van der Waals surface area contributed by atoms with E-state index in [0.717, 1.165) is 11.1 Å². The van der Waals surface area contributed by atoms with Crippen molar-refractivity contribution in [1.29, 1.82) is 0 Å². The number of hydrogen-bond acceptors (Lipinski definition) is 3. The highest BCUT2D eigenvalue weighted by Crippen LogP contribution is 2.16. The minimum absolute atomic E-state index is 0.0119. The average molecular weight is 235 g/mol. The van der Waals surface area contributed by atoms with Crippen LogP contribution in [0.3, 0.4) is 0 Å². The third-order valence-corrected chi connectivity index (χ3v) is 2.68. The Bertz CT molecular complexity index is 415. The third-order valence-electron chi connectivity index (χ3n) is 2.00. The van der Waals surface area contributed by atoms with Gasteiger partial charge in [-0.1, -0.05) is 12.0 Å². The van der Waals surface area contributed by atoms with Gasteiger partial charge in [0, 0.05) is 17.7 Å². The van der Waals surface area contributed by atoms with Crippen LogP contribution in [0.5, 0.6) is 0 Å². The Hall–Kier alpha value is -1.57. The summed E-state index contributed by atoms with van der Waals surface area (Å²) in [7, 11) is 1.74. The molecule has 0 fully saturated rings. The molecule has 0 aliphatic carbocycles. The quantitative estimate of drug-likeness (QED) is 0.791. The molecular formula is C12H13NO2S. The van der Waals surface area contributed by atoms with Gasteiger partial charge in [0.2, 0.25) is 0 Å². The second-order valence-corrected chi connectivity index (χ2v) is 4.14. The number of terminal acetylenes is 1. The van der Waals surface area contributed by atoms with Gasteiger partial charge in [-0.15, -0.1) is 6.42 Å². The van der Waals surface area contributed by atoms with E-state index in [-0.39, 0.29) is 6.54 Å². The normalized spacial score (nSPS) is 11.4. The molecule has 3 nitrogen and oxygen atoms in total. The second kappa shape index (κ2) is 6.11. The first-order valence-electron chi connectivity index (χ1n) is 4.73. The molecule has 1 rings (SSSR count). The molecule has 0 aliphatic heterocycles.